The lowest BCUT2D eigenvalue weighted by Crippen LogP contribution is -2.30. The molecule has 4 rings (SSSR count). The summed E-state index contributed by atoms with van der Waals surface area (Å²) in [4.78, 5) is 16.6. The minimum absolute atomic E-state index is 0.0828. The molecule has 0 fully saturated rings. The summed E-state index contributed by atoms with van der Waals surface area (Å²) in [5, 5.41) is 9.28. The van der Waals surface area contributed by atoms with Gasteiger partial charge in [-0.2, -0.15) is 10.1 Å². The van der Waals surface area contributed by atoms with Gasteiger partial charge < -0.3 is 14.6 Å². The van der Waals surface area contributed by atoms with E-state index >= 15 is 0 Å². The van der Waals surface area contributed by atoms with Crippen LogP contribution in [0.1, 0.15) is 33.7 Å². The smallest absolute Gasteiger partial charge is 0.270 e. The Labute approximate surface area is 165 Å². The summed E-state index contributed by atoms with van der Waals surface area (Å²) in [5.74, 6) is 0.599. The van der Waals surface area contributed by atoms with E-state index in [9.17, 15) is 4.79 Å². The number of hydrogen-bond acceptors (Lipinski definition) is 6. The molecule has 1 atom stereocenters. The third kappa shape index (κ3) is 3.32. The van der Waals surface area contributed by atoms with Crippen molar-refractivity contribution >= 4 is 29.4 Å². The van der Waals surface area contributed by atoms with Gasteiger partial charge in [0.25, 0.3) is 5.91 Å². The first-order chi connectivity index (χ1) is 13.2. The monoisotopic (exact) mass is 369 g/mol. The topological polar surface area (TPSA) is 95.1 Å². The minimum atomic E-state index is -1.71. The van der Waals surface area contributed by atoms with Crippen molar-refractivity contribution in [2.75, 3.05) is 6.61 Å². The first-order valence-electron chi connectivity index (χ1n) is 8.52. The minimum Gasteiger partial charge on any atom is -0.491 e. The number of hydrogen-bond donors (Lipinski definition) is 1. The van der Waals surface area contributed by atoms with Crippen molar-refractivity contribution in [2.45, 2.75) is 18.1 Å². The normalized spacial score (nSPS) is 15.9. The highest BCUT2D eigenvalue weighted by Gasteiger charge is 2.28. The number of nitrogens with one attached hydrogen (secondary N) is 1. The number of rotatable bonds is 4. The van der Waals surface area contributed by atoms with Gasteiger partial charge in [0.1, 0.15) is 18.1 Å². The number of benzene rings is 1. The summed E-state index contributed by atoms with van der Waals surface area (Å²) in [6, 6.07) is 6.84. The molecule has 0 saturated carbocycles. The van der Waals surface area contributed by atoms with E-state index in [4.69, 9.17) is 32.8 Å². The SMILES string of the molecule is [B]C([B])([B])c1nc(-c2ccc3c(c2)OC[C@H]3NC(=O)c2cc(C)nn2C)no1. The Morgan fingerprint density at radius 2 is 2.11 bits per heavy atom. The van der Waals surface area contributed by atoms with Crippen molar-refractivity contribution in [3.8, 4) is 17.1 Å². The van der Waals surface area contributed by atoms with Crippen LogP contribution in [-0.4, -0.2) is 56.0 Å². The zero-order valence-electron chi connectivity index (χ0n) is 15.3. The van der Waals surface area contributed by atoms with Crippen LogP contribution in [0.4, 0.5) is 0 Å². The van der Waals surface area contributed by atoms with Crippen molar-refractivity contribution < 1.29 is 14.1 Å². The molecule has 3 aromatic rings. The van der Waals surface area contributed by atoms with E-state index in [-0.39, 0.29) is 23.7 Å². The molecule has 11 heteroatoms. The highest BCUT2D eigenvalue weighted by atomic mass is 16.5. The zero-order valence-corrected chi connectivity index (χ0v) is 15.3. The van der Waals surface area contributed by atoms with Crippen LogP contribution in [0.2, 0.25) is 0 Å². The molecule has 28 heavy (non-hydrogen) atoms. The Kier molecular flexibility index (Phi) is 4.32. The predicted octanol–water partition coefficient (Wildman–Crippen LogP) is 0.258. The number of amides is 1. The molecule has 134 valence electrons. The molecule has 1 aliphatic rings. The molecule has 0 unspecified atom stereocenters. The van der Waals surface area contributed by atoms with E-state index in [1.807, 2.05) is 13.0 Å². The van der Waals surface area contributed by atoms with Crippen molar-refractivity contribution in [1.82, 2.24) is 25.2 Å². The maximum absolute atomic E-state index is 12.5. The fourth-order valence-electron chi connectivity index (χ4n) is 3.04. The standard InChI is InChI=1S/C17H14B3N5O3/c1-8-5-12(25(2)23-8)15(26)21-11-7-27-13-6-9(3-4-10(11)13)14-22-16(28-24-14)17(18,19)20/h3-6,11H,7H2,1-2H3,(H,21,26)/t11-/m1/s1. The summed E-state index contributed by atoms with van der Waals surface area (Å²) < 4.78 is 12.3. The predicted molar refractivity (Wildman–Crippen MR) is 102 cm³/mol. The molecule has 0 saturated heterocycles. The van der Waals surface area contributed by atoms with Gasteiger partial charge in [-0.05, 0) is 19.1 Å². The second kappa shape index (κ2) is 6.58. The lowest BCUT2D eigenvalue weighted by atomic mass is 9.42. The Morgan fingerprint density at radius 3 is 2.75 bits per heavy atom. The molecule has 3 heterocycles. The van der Waals surface area contributed by atoms with Gasteiger partial charge in [0, 0.05) is 18.2 Å². The van der Waals surface area contributed by atoms with Crippen LogP contribution >= 0.6 is 0 Å². The number of ether oxygens (including phenoxy) is 1. The summed E-state index contributed by atoms with van der Waals surface area (Å²) in [6.45, 7) is 2.15. The van der Waals surface area contributed by atoms with Gasteiger partial charge in [-0.25, -0.2) is 0 Å². The maximum atomic E-state index is 12.5. The maximum Gasteiger partial charge on any atom is 0.270 e. The fourth-order valence-corrected chi connectivity index (χ4v) is 3.04. The molecule has 8 nitrogen and oxygen atoms in total. The molecule has 1 aromatic carbocycles. The number of nitrogens with zero attached hydrogens (tertiary/aromatic N) is 4. The lowest BCUT2D eigenvalue weighted by Gasteiger charge is -2.12. The number of carbonyl (C=O) groups excluding carboxylic acids is 1. The number of carbonyl (C=O) groups is 1. The Morgan fingerprint density at radius 1 is 1.32 bits per heavy atom. The van der Waals surface area contributed by atoms with E-state index < -0.39 is 5.11 Å². The molecule has 0 spiro atoms. The lowest BCUT2D eigenvalue weighted by molar-refractivity contribution is 0.0920. The van der Waals surface area contributed by atoms with Crippen molar-refractivity contribution in [3.05, 3.63) is 47.1 Å². The van der Waals surface area contributed by atoms with E-state index in [1.54, 1.807) is 29.9 Å². The van der Waals surface area contributed by atoms with Gasteiger partial charge in [-0.3, -0.25) is 9.48 Å². The van der Waals surface area contributed by atoms with Crippen LogP contribution in [0.25, 0.3) is 11.4 Å². The second-order valence-corrected chi connectivity index (χ2v) is 6.74. The highest BCUT2D eigenvalue weighted by molar-refractivity contribution is 6.58. The van der Waals surface area contributed by atoms with Gasteiger partial charge in [-0.15, -0.1) is 0 Å². The third-order valence-corrected chi connectivity index (χ3v) is 4.39. The molecule has 6 radical (unpaired) electrons. The molecular weight excluding hydrogens is 355 g/mol. The first kappa shape index (κ1) is 18.4. The van der Waals surface area contributed by atoms with Crippen molar-refractivity contribution in [2.24, 2.45) is 7.05 Å². The molecular formula is C17H14B3N5O3. The largest absolute Gasteiger partial charge is 0.491 e. The average molecular weight is 369 g/mol. The van der Waals surface area contributed by atoms with Gasteiger partial charge in [-0.1, -0.05) is 22.4 Å². The van der Waals surface area contributed by atoms with E-state index in [1.165, 1.54) is 0 Å². The Hall–Kier alpha value is -2.97. The zero-order chi connectivity index (χ0) is 20.1. The van der Waals surface area contributed by atoms with Crippen molar-refractivity contribution in [3.63, 3.8) is 0 Å². The molecule has 1 aliphatic heterocycles. The van der Waals surface area contributed by atoms with Crippen LogP contribution in [0.3, 0.4) is 0 Å². The van der Waals surface area contributed by atoms with Gasteiger partial charge >= 0.3 is 0 Å². The van der Waals surface area contributed by atoms with Crippen LogP contribution in [-0.2, 0) is 12.2 Å². The summed E-state index contributed by atoms with van der Waals surface area (Å²) >= 11 is 0. The third-order valence-electron chi connectivity index (χ3n) is 4.39. The van der Waals surface area contributed by atoms with Gasteiger partial charge in [0.2, 0.25) is 11.7 Å². The summed E-state index contributed by atoms with van der Waals surface area (Å²) in [6.07, 6.45) is 0. The second-order valence-electron chi connectivity index (χ2n) is 6.74. The van der Waals surface area contributed by atoms with Crippen LogP contribution < -0.4 is 10.1 Å². The number of aryl methyl sites for hydroxylation is 2. The summed E-state index contributed by atoms with van der Waals surface area (Å²) in [7, 11) is 18.4. The molecule has 2 aromatic heterocycles. The highest BCUT2D eigenvalue weighted by Crippen LogP contribution is 2.35. The number of aromatic nitrogens is 4. The Balaban J connectivity index is 1.54. The molecule has 1 amide bonds. The fraction of sp³-hybridized carbons (Fsp3) is 0.294. The number of fused-ring (bicyclic) bond motifs is 1. The molecule has 1 N–H and O–H groups in total. The Bertz CT molecular complexity index is 1060. The van der Waals surface area contributed by atoms with Crippen molar-refractivity contribution in [1.29, 1.82) is 0 Å². The molecule has 0 aliphatic carbocycles. The van der Waals surface area contributed by atoms with E-state index in [2.05, 4.69) is 20.6 Å². The first-order valence-corrected chi connectivity index (χ1v) is 8.52. The van der Waals surface area contributed by atoms with Gasteiger partial charge in [0.15, 0.2) is 0 Å². The van der Waals surface area contributed by atoms with Crippen LogP contribution in [0.5, 0.6) is 5.75 Å². The van der Waals surface area contributed by atoms with Crippen LogP contribution in [0.15, 0.2) is 28.8 Å². The average Bonchev–Trinajstić information content (AvgIpc) is 3.33. The van der Waals surface area contributed by atoms with E-state index in [0.717, 1.165) is 11.3 Å². The van der Waals surface area contributed by atoms with E-state index in [0.29, 0.717) is 23.6 Å². The van der Waals surface area contributed by atoms with Gasteiger partial charge in [0.05, 0.1) is 35.3 Å². The molecule has 0 bridgehead atoms. The summed E-state index contributed by atoms with van der Waals surface area (Å²) in [5.41, 5.74) is 2.75. The quantitative estimate of drug-likeness (QED) is 0.664. The van der Waals surface area contributed by atoms with Crippen LogP contribution in [0, 0.1) is 6.92 Å².